The first kappa shape index (κ1) is 15.8. The molecule has 1 atom stereocenters. The summed E-state index contributed by atoms with van der Waals surface area (Å²) in [6.07, 6.45) is 5.27. The maximum atomic E-state index is 13.1. The Morgan fingerprint density at radius 1 is 1.22 bits per heavy atom. The third-order valence-corrected chi connectivity index (χ3v) is 3.98. The van der Waals surface area contributed by atoms with Crippen LogP contribution in [0.2, 0.25) is 0 Å². The van der Waals surface area contributed by atoms with Gasteiger partial charge < -0.3 is 15.3 Å². The van der Waals surface area contributed by atoms with Crippen molar-refractivity contribution in [3.8, 4) is 0 Å². The van der Waals surface area contributed by atoms with E-state index in [0.29, 0.717) is 18.7 Å². The van der Waals surface area contributed by atoms with Crippen LogP contribution in [0.3, 0.4) is 0 Å². The van der Waals surface area contributed by atoms with Crippen LogP contribution in [0.25, 0.3) is 0 Å². The van der Waals surface area contributed by atoms with Crippen LogP contribution in [-0.2, 0) is 6.54 Å². The van der Waals surface area contributed by atoms with E-state index in [2.05, 4.69) is 20.2 Å². The van der Waals surface area contributed by atoms with Gasteiger partial charge in [0.2, 0.25) is 5.95 Å². The fourth-order valence-corrected chi connectivity index (χ4v) is 2.70. The van der Waals surface area contributed by atoms with E-state index in [4.69, 9.17) is 0 Å². The van der Waals surface area contributed by atoms with E-state index in [1.807, 2.05) is 12.4 Å². The second-order valence-electron chi connectivity index (χ2n) is 5.79. The molecule has 1 aromatic heterocycles. The van der Waals surface area contributed by atoms with Crippen molar-refractivity contribution in [3.05, 3.63) is 53.6 Å². The highest BCUT2D eigenvalue weighted by molar-refractivity contribution is 5.31. The lowest BCUT2D eigenvalue weighted by molar-refractivity contribution is 0.174. The monoisotopic (exact) mass is 316 g/mol. The molecule has 0 bridgehead atoms. The van der Waals surface area contributed by atoms with E-state index in [-0.39, 0.29) is 5.82 Å². The minimum atomic E-state index is -0.740. The molecular formula is C17H21FN4O. The van der Waals surface area contributed by atoms with Gasteiger partial charge in [0, 0.05) is 44.1 Å². The summed E-state index contributed by atoms with van der Waals surface area (Å²) in [4.78, 5) is 11.0. The highest BCUT2D eigenvalue weighted by Gasteiger charge is 2.14. The molecule has 0 radical (unpaired) electrons. The van der Waals surface area contributed by atoms with Gasteiger partial charge in [-0.25, -0.2) is 14.4 Å². The third-order valence-electron chi connectivity index (χ3n) is 3.98. The quantitative estimate of drug-likeness (QED) is 0.854. The molecule has 3 rings (SSSR count). The molecule has 1 aliphatic heterocycles. The number of anilines is 1. The number of rotatable bonds is 6. The molecular weight excluding hydrogens is 295 g/mol. The highest BCUT2D eigenvalue weighted by atomic mass is 19.1. The number of aromatic nitrogens is 2. The molecule has 0 aliphatic carbocycles. The van der Waals surface area contributed by atoms with Crippen molar-refractivity contribution in [2.45, 2.75) is 25.5 Å². The van der Waals surface area contributed by atoms with Gasteiger partial charge in [0.05, 0.1) is 6.10 Å². The summed E-state index contributed by atoms with van der Waals surface area (Å²) in [7, 11) is 0. The highest BCUT2D eigenvalue weighted by Crippen LogP contribution is 2.15. The standard InChI is InChI=1S/C17H21FN4O/c18-15-5-3-4-14(8-15)16(23)12-19-9-13-10-20-17(21-11-13)22-6-1-2-7-22/h3-5,8,10-11,16,19,23H,1-2,6-7,9,12H2. The second kappa shape index (κ2) is 7.48. The number of aliphatic hydroxyl groups excluding tert-OH is 1. The molecule has 1 saturated heterocycles. The summed E-state index contributed by atoms with van der Waals surface area (Å²) in [5.74, 6) is 0.443. The van der Waals surface area contributed by atoms with Gasteiger partial charge in [0.25, 0.3) is 0 Å². The third kappa shape index (κ3) is 4.24. The summed E-state index contributed by atoms with van der Waals surface area (Å²) in [6.45, 7) is 2.96. The SMILES string of the molecule is OC(CNCc1cnc(N2CCCC2)nc1)c1cccc(F)c1. The number of halogens is 1. The predicted octanol–water partition coefficient (Wildman–Crippen LogP) is 2.04. The van der Waals surface area contributed by atoms with Gasteiger partial charge in [-0.15, -0.1) is 0 Å². The molecule has 2 aromatic rings. The van der Waals surface area contributed by atoms with Crippen LogP contribution >= 0.6 is 0 Å². The summed E-state index contributed by atoms with van der Waals surface area (Å²) < 4.78 is 13.1. The molecule has 122 valence electrons. The molecule has 5 nitrogen and oxygen atoms in total. The van der Waals surface area contributed by atoms with Gasteiger partial charge in [-0.3, -0.25) is 0 Å². The van der Waals surface area contributed by atoms with Crippen molar-refractivity contribution in [3.63, 3.8) is 0 Å². The van der Waals surface area contributed by atoms with Crippen LogP contribution in [0.5, 0.6) is 0 Å². The van der Waals surface area contributed by atoms with E-state index < -0.39 is 6.10 Å². The average Bonchev–Trinajstić information content (AvgIpc) is 3.10. The molecule has 6 heteroatoms. The zero-order valence-corrected chi connectivity index (χ0v) is 13.0. The van der Waals surface area contributed by atoms with Gasteiger partial charge in [-0.1, -0.05) is 12.1 Å². The van der Waals surface area contributed by atoms with Crippen molar-refractivity contribution in [1.82, 2.24) is 15.3 Å². The van der Waals surface area contributed by atoms with Crippen molar-refractivity contribution < 1.29 is 9.50 Å². The summed E-state index contributed by atoms with van der Waals surface area (Å²) in [5, 5.41) is 13.2. The second-order valence-corrected chi connectivity index (χ2v) is 5.79. The maximum absolute atomic E-state index is 13.1. The first-order valence-corrected chi connectivity index (χ1v) is 7.92. The molecule has 1 fully saturated rings. The van der Waals surface area contributed by atoms with Crippen molar-refractivity contribution in [2.24, 2.45) is 0 Å². The fraction of sp³-hybridized carbons (Fsp3) is 0.412. The molecule has 2 heterocycles. The lowest BCUT2D eigenvalue weighted by atomic mass is 10.1. The minimum absolute atomic E-state index is 0.340. The van der Waals surface area contributed by atoms with Crippen molar-refractivity contribution in [1.29, 1.82) is 0 Å². The minimum Gasteiger partial charge on any atom is -0.387 e. The number of hydrogen-bond donors (Lipinski definition) is 2. The molecule has 0 amide bonds. The molecule has 1 aliphatic rings. The smallest absolute Gasteiger partial charge is 0.225 e. The Bertz CT molecular complexity index is 629. The van der Waals surface area contributed by atoms with Crippen molar-refractivity contribution >= 4 is 5.95 Å². The summed E-state index contributed by atoms with van der Waals surface area (Å²) in [6, 6.07) is 6.02. The van der Waals surface area contributed by atoms with Crippen LogP contribution in [-0.4, -0.2) is 34.7 Å². The summed E-state index contributed by atoms with van der Waals surface area (Å²) in [5.41, 5.74) is 1.53. The Morgan fingerprint density at radius 2 is 1.96 bits per heavy atom. The average molecular weight is 316 g/mol. The van der Waals surface area contributed by atoms with Crippen molar-refractivity contribution in [2.75, 3.05) is 24.5 Å². The Morgan fingerprint density at radius 3 is 2.65 bits per heavy atom. The lowest BCUT2D eigenvalue weighted by Crippen LogP contribution is -2.22. The molecule has 0 spiro atoms. The maximum Gasteiger partial charge on any atom is 0.225 e. The Kier molecular flexibility index (Phi) is 5.15. The molecule has 0 saturated carbocycles. The first-order chi connectivity index (χ1) is 11.2. The molecule has 1 unspecified atom stereocenters. The van der Waals surface area contributed by atoms with Gasteiger partial charge in [0.1, 0.15) is 5.82 Å². The number of nitrogens with one attached hydrogen (secondary N) is 1. The zero-order chi connectivity index (χ0) is 16.1. The number of nitrogens with zero attached hydrogens (tertiary/aromatic N) is 3. The Balaban J connectivity index is 1.48. The Hall–Kier alpha value is -2.05. The molecule has 2 N–H and O–H groups in total. The van der Waals surface area contributed by atoms with Crippen LogP contribution in [0.1, 0.15) is 30.1 Å². The fourth-order valence-electron chi connectivity index (χ4n) is 2.70. The first-order valence-electron chi connectivity index (χ1n) is 7.92. The van der Waals surface area contributed by atoms with E-state index in [9.17, 15) is 9.50 Å². The van der Waals surface area contributed by atoms with E-state index in [1.165, 1.54) is 25.0 Å². The zero-order valence-electron chi connectivity index (χ0n) is 13.0. The van der Waals surface area contributed by atoms with Crippen LogP contribution < -0.4 is 10.2 Å². The largest absolute Gasteiger partial charge is 0.387 e. The molecule has 1 aromatic carbocycles. The predicted molar refractivity (Wildman–Crippen MR) is 86.5 cm³/mol. The van der Waals surface area contributed by atoms with E-state index in [1.54, 1.807) is 12.1 Å². The van der Waals surface area contributed by atoms with Crippen LogP contribution in [0.15, 0.2) is 36.7 Å². The van der Waals surface area contributed by atoms with Gasteiger partial charge in [-0.05, 0) is 30.5 Å². The topological polar surface area (TPSA) is 61.3 Å². The van der Waals surface area contributed by atoms with Gasteiger partial charge >= 0.3 is 0 Å². The van der Waals surface area contributed by atoms with E-state index in [0.717, 1.165) is 24.6 Å². The van der Waals surface area contributed by atoms with Gasteiger partial charge in [-0.2, -0.15) is 0 Å². The molecule has 23 heavy (non-hydrogen) atoms. The van der Waals surface area contributed by atoms with E-state index >= 15 is 0 Å². The number of aliphatic hydroxyl groups is 1. The summed E-state index contributed by atoms with van der Waals surface area (Å²) >= 11 is 0. The van der Waals surface area contributed by atoms with Crippen LogP contribution in [0.4, 0.5) is 10.3 Å². The Labute approximate surface area is 135 Å². The van der Waals surface area contributed by atoms with Gasteiger partial charge in [0.15, 0.2) is 0 Å². The number of hydrogen-bond acceptors (Lipinski definition) is 5. The number of benzene rings is 1. The van der Waals surface area contributed by atoms with Crippen LogP contribution in [0, 0.1) is 5.82 Å². The lowest BCUT2D eigenvalue weighted by Gasteiger charge is -2.15. The normalized spacial score (nSPS) is 15.8.